The van der Waals surface area contributed by atoms with Crippen LogP contribution in [0.25, 0.3) is 0 Å². The van der Waals surface area contributed by atoms with E-state index in [9.17, 15) is 9.90 Å². The average molecular weight is 357 g/mol. The van der Waals surface area contributed by atoms with Crippen LogP contribution in [0.5, 0.6) is 0 Å². The zero-order valence-electron chi connectivity index (χ0n) is 17.1. The standard InChI is InChI=1S/C24H36O2/c1-5-6-15(2)18-7-8-19-17-14-22(26)21-13-16(25)9-11-24(21,4)20(17)10-12-23(18,19)3/h6,13,17-20,22,26H,5,7-12,14H2,1-4H3/b15-6+/t17?,18-,19+,20+,22-,23+,24?/m1/s1. The second-order valence-electron chi connectivity index (χ2n) is 10.1. The van der Waals surface area contributed by atoms with Gasteiger partial charge in [-0.15, -0.1) is 0 Å². The van der Waals surface area contributed by atoms with Crippen LogP contribution in [0.15, 0.2) is 23.3 Å². The van der Waals surface area contributed by atoms with Crippen LogP contribution in [-0.4, -0.2) is 17.0 Å². The molecule has 0 spiro atoms. The highest BCUT2D eigenvalue weighted by Gasteiger charge is 2.60. The molecule has 4 rings (SSSR count). The summed E-state index contributed by atoms with van der Waals surface area (Å²) in [5, 5.41) is 11.0. The van der Waals surface area contributed by atoms with Crippen molar-refractivity contribution in [1.29, 1.82) is 0 Å². The number of carbonyl (C=O) groups is 1. The lowest BCUT2D eigenvalue weighted by molar-refractivity contribution is -0.119. The maximum absolute atomic E-state index is 12.0. The number of ketones is 1. The molecule has 144 valence electrons. The third-order valence-electron chi connectivity index (χ3n) is 9.05. The lowest BCUT2D eigenvalue weighted by atomic mass is 9.46. The highest BCUT2D eigenvalue weighted by Crippen LogP contribution is 2.67. The number of fused-ring (bicyclic) bond motifs is 5. The van der Waals surface area contributed by atoms with Gasteiger partial charge in [-0.3, -0.25) is 4.79 Å². The summed E-state index contributed by atoms with van der Waals surface area (Å²) in [4.78, 5) is 12.0. The summed E-state index contributed by atoms with van der Waals surface area (Å²) in [6.45, 7) is 9.48. The van der Waals surface area contributed by atoms with E-state index in [1.54, 1.807) is 5.57 Å². The van der Waals surface area contributed by atoms with Gasteiger partial charge in [0.15, 0.2) is 5.78 Å². The molecule has 4 aliphatic carbocycles. The lowest BCUT2D eigenvalue weighted by Gasteiger charge is -2.59. The molecule has 3 fully saturated rings. The van der Waals surface area contributed by atoms with Crippen molar-refractivity contribution in [3.05, 3.63) is 23.3 Å². The predicted molar refractivity (Wildman–Crippen MR) is 106 cm³/mol. The fraction of sp³-hybridized carbons (Fsp3) is 0.792. The van der Waals surface area contributed by atoms with Gasteiger partial charge in [-0.1, -0.05) is 32.4 Å². The van der Waals surface area contributed by atoms with Crippen molar-refractivity contribution in [2.75, 3.05) is 0 Å². The quantitative estimate of drug-likeness (QED) is 0.667. The largest absolute Gasteiger partial charge is 0.389 e. The molecular weight excluding hydrogens is 320 g/mol. The van der Waals surface area contributed by atoms with E-state index in [1.165, 1.54) is 25.7 Å². The first-order chi connectivity index (χ1) is 12.3. The van der Waals surface area contributed by atoms with Crippen molar-refractivity contribution in [3.8, 4) is 0 Å². The van der Waals surface area contributed by atoms with Crippen LogP contribution >= 0.6 is 0 Å². The van der Waals surface area contributed by atoms with Gasteiger partial charge in [0, 0.05) is 6.42 Å². The van der Waals surface area contributed by atoms with Gasteiger partial charge in [-0.2, -0.15) is 0 Å². The summed E-state index contributed by atoms with van der Waals surface area (Å²) < 4.78 is 0. The van der Waals surface area contributed by atoms with E-state index in [0.29, 0.717) is 23.7 Å². The molecule has 7 atom stereocenters. The molecule has 0 aliphatic heterocycles. The fourth-order valence-corrected chi connectivity index (χ4v) is 7.82. The SMILES string of the molecule is CC/C=C(\C)[C@H]1CC[C@H]2C3C[C@@H](O)C4=CC(=O)CCC4(C)[C@H]3CC[C@@]12C. The zero-order chi connectivity index (χ0) is 18.7. The number of carbonyl (C=O) groups excluding carboxylic acids is 1. The maximum atomic E-state index is 12.0. The van der Waals surface area contributed by atoms with E-state index in [0.717, 1.165) is 36.7 Å². The van der Waals surface area contributed by atoms with Crippen molar-refractivity contribution in [3.63, 3.8) is 0 Å². The van der Waals surface area contributed by atoms with Gasteiger partial charge in [0.05, 0.1) is 6.10 Å². The van der Waals surface area contributed by atoms with E-state index in [4.69, 9.17) is 0 Å². The summed E-state index contributed by atoms with van der Waals surface area (Å²) >= 11 is 0. The molecule has 26 heavy (non-hydrogen) atoms. The molecule has 0 bridgehead atoms. The van der Waals surface area contributed by atoms with Gasteiger partial charge in [0.1, 0.15) is 0 Å². The van der Waals surface area contributed by atoms with Crippen LogP contribution < -0.4 is 0 Å². The Labute approximate surface area is 159 Å². The third kappa shape index (κ3) is 2.51. The molecule has 2 nitrogen and oxygen atoms in total. The third-order valence-corrected chi connectivity index (χ3v) is 9.05. The van der Waals surface area contributed by atoms with E-state index < -0.39 is 6.10 Å². The number of allylic oxidation sites excluding steroid dienone is 2. The van der Waals surface area contributed by atoms with Gasteiger partial charge in [-0.05, 0) is 98.0 Å². The Hall–Kier alpha value is -0.890. The number of rotatable bonds is 2. The Morgan fingerprint density at radius 1 is 1.23 bits per heavy atom. The van der Waals surface area contributed by atoms with Crippen LogP contribution in [0, 0.1) is 34.5 Å². The molecule has 0 aromatic rings. The van der Waals surface area contributed by atoms with Gasteiger partial charge in [0.25, 0.3) is 0 Å². The molecule has 4 aliphatic rings. The van der Waals surface area contributed by atoms with Gasteiger partial charge in [-0.25, -0.2) is 0 Å². The molecule has 3 saturated carbocycles. The summed E-state index contributed by atoms with van der Waals surface area (Å²) in [5.41, 5.74) is 3.11. The van der Waals surface area contributed by atoms with Crippen molar-refractivity contribution >= 4 is 5.78 Å². The van der Waals surface area contributed by atoms with Crippen molar-refractivity contribution in [1.82, 2.24) is 0 Å². The molecule has 2 unspecified atom stereocenters. The minimum atomic E-state index is -0.404. The number of hydrogen-bond acceptors (Lipinski definition) is 2. The number of aliphatic hydroxyl groups is 1. The van der Waals surface area contributed by atoms with Gasteiger partial charge < -0.3 is 5.11 Å². The normalized spacial score (nSPS) is 48.5. The highest BCUT2D eigenvalue weighted by atomic mass is 16.3. The van der Waals surface area contributed by atoms with Gasteiger partial charge in [0.2, 0.25) is 0 Å². The van der Waals surface area contributed by atoms with E-state index in [2.05, 4.69) is 33.8 Å². The molecule has 0 saturated heterocycles. The Morgan fingerprint density at radius 3 is 2.73 bits per heavy atom. The molecule has 0 aromatic carbocycles. The predicted octanol–water partition coefficient (Wildman–Crippen LogP) is 5.46. The van der Waals surface area contributed by atoms with E-state index in [1.807, 2.05) is 6.08 Å². The highest BCUT2D eigenvalue weighted by molar-refractivity contribution is 5.91. The Morgan fingerprint density at radius 2 is 2.00 bits per heavy atom. The van der Waals surface area contributed by atoms with Crippen LogP contribution in [0.4, 0.5) is 0 Å². The molecule has 2 heteroatoms. The van der Waals surface area contributed by atoms with Crippen molar-refractivity contribution in [2.24, 2.45) is 34.5 Å². The first-order valence-corrected chi connectivity index (χ1v) is 10.9. The Bertz CT molecular complexity index is 659. The number of aliphatic hydroxyl groups excluding tert-OH is 1. The average Bonchev–Trinajstić information content (AvgIpc) is 2.94. The topological polar surface area (TPSA) is 37.3 Å². The molecule has 0 heterocycles. The summed E-state index contributed by atoms with van der Waals surface area (Å²) in [7, 11) is 0. The first kappa shape index (κ1) is 18.5. The molecule has 0 aromatic heterocycles. The van der Waals surface area contributed by atoms with Crippen LogP contribution in [0.2, 0.25) is 0 Å². The second-order valence-corrected chi connectivity index (χ2v) is 10.1. The minimum absolute atomic E-state index is 0.0456. The second kappa shape index (κ2) is 6.33. The van der Waals surface area contributed by atoms with Crippen molar-refractivity contribution < 1.29 is 9.90 Å². The molecule has 0 amide bonds. The zero-order valence-corrected chi connectivity index (χ0v) is 17.1. The summed E-state index contributed by atoms with van der Waals surface area (Å²) in [6, 6.07) is 0. The van der Waals surface area contributed by atoms with Crippen LogP contribution in [0.1, 0.15) is 79.1 Å². The maximum Gasteiger partial charge on any atom is 0.155 e. The summed E-state index contributed by atoms with van der Waals surface area (Å²) in [5.74, 6) is 2.95. The minimum Gasteiger partial charge on any atom is -0.389 e. The fourth-order valence-electron chi connectivity index (χ4n) is 7.82. The van der Waals surface area contributed by atoms with E-state index in [-0.39, 0.29) is 11.2 Å². The Balaban J connectivity index is 1.67. The molecule has 0 radical (unpaired) electrons. The van der Waals surface area contributed by atoms with E-state index >= 15 is 0 Å². The van der Waals surface area contributed by atoms with Crippen LogP contribution in [0.3, 0.4) is 0 Å². The molecule has 1 N–H and O–H groups in total. The number of hydrogen-bond donors (Lipinski definition) is 1. The van der Waals surface area contributed by atoms with Crippen molar-refractivity contribution in [2.45, 2.75) is 85.2 Å². The van der Waals surface area contributed by atoms with Gasteiger partial charge >= 0.3 is 0 Å². The Kier molecular flexibility index (Phi) is 4.50. The van der Waals surface area contributed by atoms with Crippen LogP contribution in [-0.2, 0) is 4.79 Å². The summed E-state index contributed by atoms with van der Waals surface area (Å²) in [6.07, 6.45) is 12.7. The smallest absolute Gasteiger partial charge is 0.155 e. The molecular formula is C24H36O2. The first-order valence-electron chi connectivity index (χ1n) is 10.9. The monoisotopic (exact) mass is 356 g/mol. The lowest BCUT2D eigenvalue weighted by Crippen LogP contribution is -2.53.